The van der Waals surface area contributed by atoms with E-state index in [2.05, 4.69) is 0 Å². The van der Waals surface area contributed by atoms with Crippen LogP contribution in [0.25, 0.3) is 0 Å². The molecule has 3 aromatic carbocycles. The number of hydrogen-bond donors (Lipinski definition) is 0. The maximum Gasteiger partial charge on any atom is 0.338 e. The van der Waals surface area contributed by atoms with Crippen molar-refractivity contribution >= 4 is 56.5 Å². The Morgan fingerprint density at radius 3 is 2.52 bits per heavy atom. The normalized spacial score (nSPS) is 13.2. The van der Waals surface area contributed by atoms with Gasteiger partial charge in [-0.2, -0.15) is 0 Å². The van der Waals surface area contributed by atoms with E-state index in [9.17, 15) is 13.2 Å². The average Bonchev–Trinajstić information content (AvgIpc) is 3.18. The Bertz CT molecular complexity index is 1280. The van der Waals surface area contributed by atoms with Gasteiger partial charge in [0.1, 0.15) is 11.5 Å². The van der Waals surface area contributed by atoms with Gasteiger partial charge in [-0.15, -0.1) is 0 Å². The third-order valence-corrected chi connectivity index (χ3v) is 7.84. The molecule has 1 aliphatic rings. The van der Waals surface area contributed by atoms with Crippen LogP contribution >= 0.6 is 34.8 Å². The van der Waals surface area contributed by atoms with Crippen LogP contribution in [0.3, 0.4) is 0 Å². The Morgan fingerprint density at radius 2 is 1.74 bits per heavy atom. The standard InChI is InChI=1S/C22H16Cl3NO4S/c23-17-7-5-16(19(25)12-17)13-30-22(27)15-6-8-18(24)21(11-15)31(28,29)26-10-9-14-3-1-2-4-20(14)26/h1-8,11-12H,9-10,13H2. The number of sulfonamides is 1. The molecule has 0 unspecified atom stereocenters. The summed E-state index contributed by atoms with van der Waals surface area (Å²) in [6.07, 6.45) is 0.608. The van der Waals surface area contributed by atoms with Gasteiger partial charge in [0.25, 0.3) is 10.0 Å². The van der Waals surface area contributed by atoms with Gasteiger partial charge in [-0.1, -0.05) is 59.1 Å². The molecule has 0 radical (unpaired) electrons. The van der Waals surface area contributed by atoms with Gasteiger partial charge >= 0.3 is 5.97 Å². The molecule has 1 heterocycles. The molecule has 0 spiro atoms. The molecule has 0 bridgehead atoms. The van der Waals surface area contributed by atoms with Crippen LogP contribution in [0.4, 0.5) is 5.69 Å². The molecular formula is C22H16Cl3NO4S. The molecule has 31 heavy (non-hydrogen) atoms. The average molecular weight is 497 g/mol. The summed E-state index contributed by atoms with van der Waals surface area (Å²) < 4.78 is 33.2. The first kappa shape index (κ1) is 22.0. The lowest BCUT2D eigenvalue weighted by atomic mass is 10.2. The summed E-state index contributed by atoms with van der Waals surface area (Å²) in [7, 11) is -3.96. The third kappa shape index (κ3) is 4.39. The molecule has 0 atom stereocenters. The second-order valence-electron chi connectivity index (χ2n) is 6.91. The highest BCUT2D eigenvalue weighted by molar-refractivity contribution is 7.93. The second kappa shape index (κ2) is 8.71. The first-order valence-corrected chi connectivity index (χ1v) is 11.9. The Balaban J connectivity index is 1.59. The number of anilines is 1. The molecule has 5 nitrogen and oxygen atoms in total. The van der Waals surface area contributed by atoms with Crippen molar-refractivity contribution in [3.63, 3.8) is 0 Å². The summed E-state index contributed by atoms with van der Waals surface area (Å²) in [6.45, 7) is 0.223. The molecule has 0 aromatic heterocycles. The van der Waals surface area contributed by atoms with Crippen LogP contribution in [0.2, 0.25) is 15.1 Å². The maximum absolute atomic E-state index is 13.3. The second-order valence-corrected chi connectivity index (χ2v) is 9.99. The van der Waals surface area contributed by atoms with Crippen molar-refractivity contribution in [2.45, 2.75) is 17.9 Å². The summed E-state index contributed by atoms with van der Waals surface area (Å²) in [5, 5.41) is 0.866. The number of rotatable bonds is 5. The fourth-order valence-electron chi connectivity index (χ4n) is 3.37. The van der Waals surface area contributed by atoms with Gasteiger partial charge in [0.2, 0.25) is 0 Å². The van der Waals surface area contributed by atoms with Crippen LogP contribution in [-0.4, -0.2) is 20.9 Å². The minimum atomic E-state index is -3.96. The van der Waals surface area contributed by atoms with Gasteiger partial charge in [-0.05, 0) is 48.4 Å². The Kier molecular flexibility index (Phi) is 6.17. The van der Waals surface area contributed by atoms with Crippen LogP contribution < -0.4 is 4.31 Å². The molecule has 0 N–H and O–H groups in total. The molecule has 0 saturated heterocycles. The zero-order valence-corrected chi connectivity index (χ0v) is 19.1. The zero-order valence-electron chi connectivity index (χ0n) is 16.0. The van der Waals surface area contributed by atoms with E-state index in [1.165, 1.54) is 22.5 Å². The van der Waals surface area contributed by atoms with Gasteiger partial charge < -0.3 is 4.74 Å². The van der Waals surface area contributed by atoms with E-state index in [0.29, 0.717) is 34.3 Å². The van der Waals surface area contributed by atoms with Gasteiger partial charge in [-0.25, -0.2) is 13.2 Å². The number of halogens is 3. The largest absolute Gasteiger partial charge is 0.457 e. The summed E-state index contributed by atoms with van der Waals surface area (Å²) in [5.41, 5.74) is 2.21. The summed E-state index contributed by atoms with van der Waals surface area (Å²) in [4.78, 5) is 12.4. The SMILES string of the molecule is O=C(OCc1ccc(Cl)cc1Cl)c1ccc(Cl)c(S(=O)(=O)N2CCc3ccccc32)c1. The molecule has 0 aliphatic carbocycles. The fourth-order valence-corrected chi connectivity index (χ4v) is 5.84. The summed E-state index contributed by atoms with van der Waals surface area (Å²) >= 11 is 18.2. The molecule has 9 heteroatoms. The van der Waals surface area contributed by atoms with Crippen molar-refractivity contribution in [2.24, 2.45) is 0 Å². The van der Waals surface area contributed by atoms with Gasteiger partial charge in [0.15, 0.2) is 0 Å². The van der Waals surface area contributed by atoms with Crippen LogP contribution in [0.1, 0.15) is 21.5 Å². The van der Waals surface area contributed by atoms with Gasteiger partial charge in [-0.3, -0.25) is 4.31 Å². The van der Waals surface area contributed by atoms with Crippen LogP contribution in [-0.2, 0) is 27.8 Å². The number of para-hydroxylation sites is 1. The lowest BCUT2D eigenvalue weighted by Crippen LogP contribution is -2.29. The van der Waals surface area contributed by atoms with Gasteiger partial charge in [0.05, 0.1) is 16.3 Å². The summed E-state index contributed by atoms with van der Waals surface area (Å²) in [6, 6.07) is 16.2. The maximum atomic E-state index is 13.3. The number of carbonyl (C=O) groups is 1. The van der Waals surface area contributed by atoms with E-state index >= 15 is 0 Å². The monoisotopic (exact) mass is 495 g/mol. The van der Waals surface area contributed by atoms with E-state index in [1.54, 1.807) is 30.3 Å². The van der Waals surface area contributed by atoms with E-state index in [4.69, 9.17) is 39.5 Å². The zero-order chi connectivity index (χ0) is 22.2. The number of esters is 1. The molecule has 1 aliphatic heterocycles. The first-order chi connectivity index (χ1) is 14.8. The minimum absolute atomic E-state index is 0.0293. The number of carbonyl (C=O) groups excluding carboxylic acids is 1. The fraction of sp³-hybridized carbons (Fsp3) is 0.136. The molecule has 0 amide bonds. The number of nitrogens with zero attached hydrogens (tertiary/aromatic N) is 1. The van der Waals surface area contributed by atoms with Gasteiger partial charge in [0, 0.05) is 22.2 Å². The van der Waals surface area contributed by atoms with Crippen molar-refractivity contribution in [3.05, 3.63) is 92.4 Å². The Labute approximate surface area is 195 Å². The lowest BCUT2D eigenvalue weighted by Gasteiger charge is -2.20. The van der Waals surface area contributed by atoms with E-state index in [1.807, 2.05) is 12.1 Å². The topological polar surface area (TPSA) is 63.7 Å². The van der Waals surface area contributed by atoms with Crippen molar-refractivity contribution in [3.8, 4) is 0 Å². The molecule has 4 rings (SSSR count). The van der Waals surface area contributed by atoms with Crippen molar-refractivity contribution < 1.29 is 17.9 Å². The molecule has 0 fully saturated rings. The predicted molar refractivity (Wildman–Crippen MR) is 122 cm³/mol. The molecule has 0 saturated carbocycles. The van der Waals surface area contributed by atoms with Crippen molar-refractivity contribution in [1.82, 2.24) is 0 Å². The van der Waals surface area contributed by atoms with Crippen molar-refractivity contribution in [1.29, 1.82) is 0 Å². The highest BCUT2D eigenvalue weighted by atomic mass is 35.5. The number of ether oxygens (including phenoxy) is 1. The number of hydrogen-bond acceptors (Lipinski definition) is 4. The Hall–Kier alpha value is -2.25. The van der Waals surface area contributed by atoms with Crippen molar-refractivity contribution in [2.75, 3.05) is 10.8 Å². The van der Waals surface area contributed by atoms with E-state index in [-0.39, 0.29) is 22.1 Å². The third-order valence-electron chi connectivity index (χ3n) is 4.95. The molecule has 3 aromatic rings. The van der Waals surface area contributed by atoms with Crippen LogP contribution in [0, 0.1) is 0 Å². The highest BCUT2D eigenvalue weighted by Gasteiger charge is 2.32. The highest BCUT2D eigenvalue weighted by Crippen LogP contribution is 2.35. The molecule has 160 valence electrons. The molecular weight excluding hydrogens is 481 g/mol. The summed E-state index contributed by atoms with van der Waals surface area (Å²) in [5.74, 6) is -0.694. The predicted octanol–water partition coefficient (Wildman–Crippen LogP) is 5.76. The quantitative estimate of drug-likeness (QED) is 0.422. The Morgan fingerprint density at radius 1 is 0.968 bits per heavy atom. The van der Waals surface area contributed by atoms with Crippen LogP contribution in [0.5, 0.6) is 0 Å². The number of fused-ring (bicyclic) bond motifs is 1. The smallest absolute Gasteiger partial charge is 0.338 e. The van der Waals surface area contributed by atoms with Crippen LogP contribution in [0.15, 0.2) is 65.6 Å². The lowest BCUT2D eigenvalue weighted by molar-refractivity contribution is 0.0472. The van der Waals surface area contributed by atoms with E-state index < -0.39 is 16.0 Å². The van der Waals surface area contributed by atoms with E-state index in [0.717, 1.165) is 5.56 Å². The number of benzene rings is 3. The minimum Gasteiger partial charge on any atom is -0.457 e. The first-order valence-electron chi connectivity index (χ1n) is 9.28.